The highest BCUT2D eigenvalue weighted by Gasteiger charge is 1.62. The Hall–Kier alpha value is -1.15. The van der Waals surface area contributed by atoms with Gasteiger partial charge in [-0.15, -0.1) is 0 Å². The molecule has 0 aromatic heterocycles. The van der Waals surface area contributed by atoms with Gasteiger partial charge in [-0.25, -0.2) is 0 Å². The second-order valence-corrected chi connectivity index (χ2v) is 0.842. The molecule has 0 aliphatic heterocycles. The van der Waals surface area contributed by atoms with Crippen molar-refractivity contribution in [1.82, 2.24) is 0 Å². The van der Waals surface area contributed by atoms with Gasteiger partial charge in [-0.3, -0.25) is 0 Å². The summed E-state index contributed by atoms with van der Waals surface area (Å²) in [6.45, 7) is 0.340. The first-order valence-electron chi connectivity index (χ1n) is 1.79. The molecule has 0 radical (unpaired) electrons. The zero-order chi connectivity index (χ0) is 5.54. The quantitative estimate of drug-likeness (QED) is 0.309. The van der Waals surface area contributed by atoms with Gasteiger partial charge in [-0.2, -0.15) is 0 Å². The summed E-state index contributed by atoms with van der Waals surface area (Å²) < 4.78 is 0. The van der Waals surface area contributed by atoms with Crippen molar-refractivity contribution < 1.29 is 0 Å². The van der Waals surface area contributed by atoms with Gasteiger partial charge in [-0.1, -0.05) is 11.2 Å². The lowest BCUT2D eigenvalue weighted by molar-refractivity contribution is 1.20. The van der Waals surface area contributed by atoms with E-state index in [-0.39, 0.29) is 0 Å². The third-order valence-electron chi connectivity index (χ3n) is 0.386. The summed E-state index contributed by atoms with van der Waals surface area (Å²) >= 11 is 0. The average Bonchev–Trinajstić information content (AvgIpc) is 1.69. The van der Waals surface area contributed by atoms with Crippen LogP contribution in [0.1, 0.15) is 0 Å². The van der Waals surface area contributed by atoms with Crippen molar-refractivity contribution in [3.63, 3.8) is 0 Å². The highest BCUT2D eigenvalue weighted by molar-refractivity contribution is 4.77. The molecule has 0 heterocycles. The van der Waals surface area contributed by atoms with Crippen LogP contribution in [0.5, 0.6) is 0 Å². The van der Waals surface area contributed by atoms with E-state index < -0.39 is 0 Å². The van der Waals surface area contributed by atoms with Crippen LogP contribution in [0.2, 0.25) is 0 Å². The maximum atomic E-state index is 7.68. The van der Waals surface area contributed by atoms with E-state index in [1.165, 1.54) is 6.20 Å². The molecule has 7 heavy (non-hydrogen) atoms. The largest absolute Gasteiger partial charge is 0.405 e. The van der Waals surface area contributed by atoms with Crippen LogP contribution < -0.4 is 5.73 Å². The molecule has 4 heteroatoms. The zero-order valence-electron chi connectivity index (χ0n) is 3.78. The standard InChI is InChI=1S/C3H6N4/c4-2-1-3-6-7-5/h1-2H,3-4H2. The number of rotatable bonds is 2. The van der Waals surface area contributed by atoms with Crippen molar-refractivity contribution in [2.45, 2.75) is 0 Å². The molecule has 38 valence electrons. The van der Waals surface area contributed by atoms with Crippen molar-refractivity contribution in [3.8, 4) is 0 Å². The molecular weight excluding hydrogens is 92.1 g/mol. The summed E-state index contributed by atoms with van der Waals surface area (Å²) in [5, 5.41) is 3.18. The van der Waals surface area contributed by atoms with Gasteiger partial charge >= 0.3 is 0 Å². The van der Waals surface area contributed by atoms with Crippen LogP contribution >= 0.6 is 0 Å². The Morgan fingerprint density at radius 2 is 2.57 bits per heavy atom. The minimum atomic E-state index is 0.340. The van der Waals surface area contributed by atoms with Gasteiger partial charge < -0.3 is 5.73 Å². The summed E-state index contributed by atoms with van der Waals surface area (Å²) in [5.74, 6) is 0. The summed E-state index contributed by atoms with van der Waals surface area (Å²) in [6, 6.07) is 0. The number of nitrogens with zero attached hydrogens (tertiary/aromatic N) is 3. The number of azide groups is 1. The number of hydrogen-bond acceptors (Lipinski definition) is 2. The average molecular weight is 98.1 g/mol. The van der Waals surface area contributed by atoms with Crippen LogP contribution in [0.3, 0.4) is 0 Å². The minimum absolute atomic E-state index is 0.340. The Labute approximate surface area is 41.3 Å². The summed E-state index contributed by atoms with van der Waals surface area (Å²) in [5.41, 5.74) is 12.6. The molecule has 0 atom stereocenters. The van der Waals surface area contributed by atoms with Crippen molar-refractivity contribution in [3.05, 3.63) is 22.7 Å². The van der Waals surface area contributed by atoms with Crippen LogP contribution in [0.25, 0.3) is 10.4 Å². The maximum Gasteiger partial charge on any atom is 0.0456 e. The normalized spacial score (nSPS) is 8.57. The second-order valence-electron chi connectivity index (χ2n) is 0.842. The van der Waals surface area contributed by atoms with Crippen molar-refractivity contribution in [1.29, 1.82) is 0 Å². The van der Waals surface area contributed by atoms with Crippen molar-refractivity contribution in [2.75, 3.05) is 6.54 Å². The molecule has 0 spiro atoms. The van der Waals surface area contributed by atoms with E-state index in [2.05, 4.69) is 10.0 Å². The second kappa shape index (κ2) is 4.85. The molecule has 0 fully saturated rings. The van der Waals surface area contributed by atoms with E-state index in [1.54, 1.807) is 6.08 Å². The number of hydrogen-bond donors (Lipinski definition) is 1. The molecule has 0 aromatic carbocycles. The Bertz CT molecular complexity index is 99.5. The van der Waals surface area contributed by atoms with E-state index in [0.717, 1.165) is 0 Å². The fraction of sp³-hybridized carbons (Fsp3) is 0.333. The Kier molecular flexibility index (Phi) is 4.05. The van der Waals surface area contributed by atoms with Crippen LogP contribution in [0.4, 0.5) is 0 Å². The van der Waals surface area contributed by atoms with Crippen LogP contribution in [0.15, 0.2) is 17.4 Å². The summed E-state index contributed by atoms with van der Waals surface area (Å²) in [4.78, 5) is 2.49. The lowest BCUT2D eigenvalue weighted by Crippen LogP contribution is -1.76. The highest BCUT2D eigenvalue weighted by Crippen LogP contribution is 1.69. The third-order valence-corrected chi connectivity index (χ3v) is 0.386. The first-order valence-corrected chi connectivity index (χ1v) is 1.79. The van der Waals surface area contributed by atoms with Gasteiger partial charge in [0.25, 0.3) is 0 Å². The molecule has 0 saturated heterocycles. The van der Waals surface area contributed by atoms with Gasteiger partial charge in [0.15, 0.2) is 0 Å². The first kappa shape index (κ1) is 5.85. The fourth-order valence-corrected chi connectivity index (χ4v) is 0.145. The van der Waals surface area contributed by atoms with Crippen molar-refractivity contribution >= 4 is 0 Å². The van der Waals surface area contributed by atoms with Crippen molar-refractivity contribution in [2.24, 2.45) is 10.8 Å². The molecule has 0 aliphatic rings. The fourth-order valence-electron chi connectivity index (χ4n) is 0.145. The predicted molar refractivity (Wildman–Crippen MR) is 27.3 cm³/mol. The summed E-state index contributed by atoms with van der Waals surface area (Å²) in [7, 11) is 0. The van der Waals surface area contributed by atoms with E-state index in [4.69, 9.17) is 11.3 Å². The molecule has 2 N–H and O–H groups in total. The maximum absolute atomic E-state index is 7.68. The number of nitrogens with two attached hydrogens (primary N) is 1. The van der Waals surface area contributed by atoms with Gasteiger partial charge in [0.05, 0.1) is 0 Å². The van der Waals surface area contributed by atoms with E-state index in [9.17, 15) is 0 Å². The monoisotopic (exact) mass is 98.1 g/mol. The molecule has 0 aliphatic carbocycles. The smallest absolute Gasteiger partial charge is 0.0456 e. The zero-order valence-corrected chi connectivity index (χ0v) is 3.78. The van der Waals surface area contributed by atoms with Crippen LogP contribution in [0, 0.1) is 0 Å². The van der Waals surface area contributed by atoms with Gasteiger partial charge in [0.1, 0.15) is 0 Å². The highest BCUT2D eigenvalue weighted by atomic mass is 15.1. The topological polar surface area (TPSA) is 74.8 Å². The van der Waals surface area contributed by atoms with Crippen LogP contribution in [-0.4, -0.2) is 6.54 Å². The van der Waals surface area contributed by atoms with Gasteiger partial charge in [0, 0.05) is 11.5 Å². The SMILES string of the molecule is [N-]=[N+]=NCC=CN. The Morgan fingerprint density at radius 3 is 3.00 bits per heavy atom. The molecule has 0 amide bonds. The van der Waals surface area contributed by atoms with Gasteiger partial charge in [-0.05, 0) is 11.7 Å². The molecule has 0 aromatic rings. The predicted octanol–water partition coefficient (Wildman–Crippen LogP) is 0.769. The molecule has 4 nitrogen and oxygen atoms in total. The molecule has 0 bridgehead atoms. The third kappa shape index (κ3) is 4.85. The summed E-state index contributed by atoms with van der Waals surface area (Å²) in [6.07, 6.45) is 2.91. The minimum Gasteiger partial charge on any atom is -0.405 e. The molecule has 0 unspecified atom stereocenters. The molecule has 0 saturated carbocycles. The molecule has 0 rings (SSSR count). The lowest BCUT2D eigenvalue weighted by Gasteiger charge is -1.69. The Balaban J connectivity index is 3.15. The van der Waals surface area contributed by atoms with Gasteiger partial charge in [0.2, 0.25) is 0 Å². The van der Waals surface area contributed by atoms with E-state index in [0.29, 0.717) is 6.54 Å². The molecular formula is C3H6N4. The van der Waals surface area contributed by atoms with E-state index >= 15 is 0 Å². The Morgan fingerprint density at radius 1 is 1.86 bits per heavy atom. The lowest BCUT2D eigenvalue weighted by atomic mass is 10.6. The van der Waals surface area contributed by atoms with Crippen LogP contribution in [-0.2, 0) is 0 Å². The van der Waals surface area contributed by atoms with E-state index in [1.807, 2.05) is 0 Å². The first-order chi connectivity index (χ1) is 3.41.